The summed E-state index contributed by atoms with van der Waals surface area (Å²) in [7, 11) is 0. The zero-order chi connectivity index (χ0) is 13.0. The van der Waals surface area contributed by atoms with Crippen LogP contribution >= 0.6 is 0 Å². The SMILES string of the molecule is CC(=O)Nc1nc(C)c(CCC(=O)O)c(=O)[nH]1. The number of H-pyrrole nitrogens is 1. The third-order valence-electron chi connectivity index (χ3n) is 2.11. The van der Waals surface area contributed by atoms with Gasteiger partial charge in [0.2, 0.25) is 11.9 Å². The molecule has 3 N–H and O–H groups in total. The molecule has 0 spiro atoms. The molecular weight excluding hydrogens is 226 g/mol. The van der Waals surface area contributed by atoms with Gasteiger partial charge in [-0.05, 0) is 13.3 Å². The van der Waals surface area contributed by atoms with Crippen molar-refractivity contribution >= 4 is 17.8 Å². The Bertz CT molecular complexity index is 507. The Labute approximate surface area is 96.9 Å². The first-order chi connectivity index (χ1) is 7.90. The predicted octanol–water partition coefficient (Wildman–Crippen LogP) is 0.0539. The van der Waals surface area contributed by atoms with E-state index in [0.29, 0.717) is 11.3 Å². The number of hydrogen-bond donors (Lipinski definition) is 3. The molecule has 0 saturated carbocycles. The van der Waals surface area contributed by atoms with Crippen LogP contribution in [0.15, 0.2) is 4.79 Å². The van der Waals surface area contributed by atoms with Crippen LogP contribution in [0, 0.1) is 6.92 Å². The summed E-state index contributed by atoms with van der Waals surface area (Å²) in [4.78, 5) is 39.2. The third-order valence-corrected chi connectivity index (χ3v) is 2.11. The number of carbonyl (C=O) groups is 2. The molecular formula is C10H13N3O4. The number of anilines is 1. The van der Waals surface area contributed by atoms with Gasteiger partial charge in [0, 0.05) is 24.6 Å². The number of aromatic amines is 1. The molecule has 0 bridgehead atoms. The summed E-state index contributed by atoms with van der Waals surface area (Å²) in [6.45, 7) is 2.89. The van der Waals surface area contributed by atoms with E-state index in [-0.39, 0.29) is 24.7 Å². The van der Waals surface area contributed by atoms with E-state index in [2.05, 4.69) is 15.3 Å². The van der Waals surface area contributed by atoms with Crippen LogP contribution in [-0.2, 0) is 16.0 Å². The minimum Gasteiger partial charge on any atom is -0.481 e. The van der Waals surface area contributed by atoms with Gasteiger partial charge in [0.1, 0.15) is 0 Å². The molecule has 1 amide bonds. The first kappa shape index (κ1) is 12.9. The van der Waals surface area contributed by atoms with Crippen molar-refractivity contribution in [3.8, 4) is 0 Å². The van der Waals surface area contributed by atoms with Crippen molar-refractivity contribution in [2.75, 3.05) is 5.32 Å². The fraction of sp³-hybridized carbons (Fsp3) is 0.400. The van der Waals surface area contributed by atoms with Gasteiger partial charge in [-0.3, -0.25) is 24.7 Å². The Morgan fingerprint density at radius 2 is 2.12 bits per heavy atom. The molecule has 1 rings (SSSR count). The highest BCUT2D eigenvalue weighted by molar-refractivity contribution is 5.86. The van der Waals surface area contributed by atoms with E-state index < -0.39 is 11.5 Å². The Morgan fingerprint density at radius 3 is 2.59 bits per heavy atom. The maximum absolute atomic E-state index is 11.6. The minimum atomic E-state index is -0.977. The molecule has 1 aromatic heterocycles. The standard InChI is InChI=1S/C10H13N3O4/c1-5-7(3-4-8(15)16)9(17)13-10(11-5)12-6(2)14/h3-4H2,1-2H3,(H,15,16)(H2,11,12,13,14,17). The average Bonchev–Trinajstić information content (AvgIpc) is 2.14. The summed E-state index contributed by atoms with van der Waals surface area (Å²) in [6, 6.07) is 0. The molecule has 0 aliphatic carbocycles. The number of aryl methyl sites for hydroxylation is 1. The first-order valence-electron chi connectivity index (χ1n) is 4.99. The smallest absolute Gasteiger partial charge is 0.303 e. The van der Waals surface area contributed by atoms with E-state index >= 15 is 0 Å². The van der Waals surface area contributed by atoms with Crippen molar-refractivity contribution in [1.82, 2.24) is 9.97 Å². The number of carboxylic acid groups (broad SMARTS) is 1. The minimum absolute atomic E-state index is 0.0686. The highest BCUT2D eigenvalue weighted by atomic mass is 16.4. The molecule has 0 saturated heterocycles. The topological polar surface area (TPSA) is 112 Å². The van der Waals surface area contributed by atoms with E-state index in [1.807, 2.05) is 0 Å². The Hall–Kier alpha value is -2.18. The number of carbonyl (C=O) groups excluding carboxylic acids is 1. The van der Waals surface area contributed by atoms with Crippen LogP contribution in [0.5, 0.6) is 0 Å². The number of carboxylic acids is 1. The molecule has 0 fully saturated rings. The lowest BCUT2D eigenvalue weighted by molar-refractivity contribution is -0.137. The van der Waals surface area contributed by atoms with E-state index in [1.54, 1.807) is 6.92 Å². The summed E-state index contributed by atoms with van der Waals surface area (Å²) < 4.78 is 0. The van der Waals surface area contributed by atoms with Crippen LogP contribution in [0.2, 0.25) is 0 Å². The molecule has 0 aliphatic heterocycles. The maximum atomic E-state index is 11.6. The second kappa shape index (κ2) is 5.24. The summed E-state index contributed by atoms with van der Waals surface area (Å²) in [5, 5.41) is 10.9. The molecule has 1 heterocycles. The number of nitrogens with one attached hydrogen (secondary N) is 2. The zero-order valence-electron chi connectivity index (χ0n) is 9.53. The van der Waals surface area contributed by atoms with Crippen LogP contribution in [0.4, 0.5) is 5.95 Å². The van der Waals surface area contributed by atoms with Crippen molar-refractivity contribution in [2.24, 2.45) is 0 Å². The molecule has 0 unspecified atom stereocenters. The molecule has 1 aromatic rings. The molecule has 7 heteroatoms. The van der Waals surface area contributed by atoms with Gasteiger partial charge in [-0.2, -0.15) is 0 Å². The fourth-order valence-electron chi connectivity index (χ4n) is 1.36. The van der Waals surface area contributed by atoms with Gasteiger partial charge in [0.15, 0.2) is 0 Å². The normalized spacial score (nSPS) is 10.0. The number of aliphatic carboxylic acids is 1. The predicted molar refractivity (Wildman–Crippen MR) is 59.9 cm³/mol. The highest BCUT2D eigenvalue weighted by Crippen LogP contribution is 2.05. The fourth-order valence-corrected chi connectivity index (χ4v) is 1.36. The van der Waals surface area contributed by atoms with Gasteiger partial charge in [0.05, 0.1) is 0 Å². The van der Waals surface area contributed by atoms with E-state index in [0.717, 1.165) is 0 Å². The lowest BCUT2D eigenvalue weighted by Gasteiger charge is -2.06. The maximum Gasteiger partial charge on any atom is 0.303 e. The van der Waals surface area contributed by atoms with Crippen LogP contribution in [-0.4, -0.2) is 27.0 Å². The second-order valence-electron chi connectivity index (χ2n) is 3.55. The Morgan fingerprint density at radius 1 is 1.47 bits per heavy atom. The van der Waals surface area contributed by atoms with Crippen molar-refractivity contribution in [2.45, 2.75) is 26.7 Å². The molecule has 7 nitrogen and oxygen atoms in total. The average molecular weight is 239 g/mol. The number of amides is 1. The van der Waals surface area contributed by atoms with E-state index in [9.17, 15) is 14.4 Å². The number of rotatable bonds is 4. The molecule has 0 atom stereocenters. The number of hydrogen-bond acceptors (Lipinski definition) is 4. The van der Waals surface area contributed by atoms with Gasteiger partial charge < -0.3 is 5.11 Å². The largest absolute Gasteiger partial charge is 0.481 e. The monoisotopic (exact) mass is 239 g/mol. The van der Waals surface area contributed by atoms with Crippen molar-refractivity contribution in [3.63, 3.8) is 0 Å². The summed E-state index contributed by atoms with van der Waals surface area (Å²) >= 11 is 0. The van der Waals surface area contributed by atoms with Gasteiger partial charge in [-0.1, -0.05) is 0 Å². The summed E-state index contributed by atoms with van der Waals surface area (Å²) in [5.41, 5.74) is 0.308. The summed E-state index contributed by atoms with van der Waals surface area (Å²) in [6.07, 6.45) is -0.0189. The van der Waals surface area contributed by atoms with Crippen molar-refractivity contribution in [1.29, 1.82) is 0 Å². The quantitative estimate of drug-likeness (QED) is 0.687. The second-order valence-corrected chi connectivity index (χ2v) is 3.55. The van der Waals surface area contributed by atoms with Crippen LogP contribution < -0.4 is 10.9 Å². The third kappa shape index (κ3) is 3.71. The van der Waals surface area contributed by atoms with Crippen LogP contribution in [0.25, 0.3) is 0 Å². The Kier molecular flexibility index (Phi) is 3.97. The van der Waals surface area contributed by atoms with Gasteiger partial charge >= 0.3 is 5.97 Å². The van der Waals surface area contributed by atoms with Crippen molar-refractivity contribution < 1.29 is 14.7 Å². The zero-order valence-corrected chi connectivity index (χ0v) is 9.53. The summed E-state index contributed by atoms with van der Waals surface area (Å²) in [5.74, 6) is -1.25. The van der Waals surface area contributed by atoms with Crippen LogP contribution in [0.1, 0.15) is 24.6 Å². The Balaban J connectivity index is 2.98. The van der Waals surface area contributed by atoms with Crippen LogP contribution in [0.3, 0.4) is 0 Å². The van der Waals surface area contributed by atoms with Gasteiger partial charge in [-0.25, -0.2) is 4.98 Å². The van der Waals surface area contributed by atoms with Gasteiger partial charge in [-0.15, -0.1) is 0 Å². The van der Waals surface area contributed by atoms with Gasteiger partial charge in [0.25, 0.3) is 5.56 Å². The number of nitrogens with zero attached hydrogens (tertiary/aromatic N) is 1. The molecule has 0 aliphatic rings. The van der Waals surface area contributed by atoms with E-state index in [4.69, 9.17) is 5.11 Å². The lowest BCUT2D eigenvalue weighted by atomic mass is 10.1. The molecule has 0 aromatic carbocycles. The number of aromatic nitrogens is 2. The molecule has 17 heavy (non-hydrogen) atoms. The lowest BCUT2D eigenvalue weighted by Crippen LogP contribution is -2.21. The van der Waals surface area contributed by atoms with E-state index in [1.165, 1.54) is 6.92 Å². The highest BCUT2D eigenvalue weighted by Gasteiger charge is 2.10. The molecule has 92 valence electrons. The first-order valence-corrected chi connectivity index (χ1v) is 4.99. The molecule has 0 radical (unpaired) electrons. The van der Waals surface area contributed by atoms with Crippen molar-refractivity contribution in [3.05, 3.63) is 21.6 Å².